The Balaban J connectivity index is 2.77. The molecule has 0 saturated heterocycles. The van der Waals surface area contributed by atoms with Gasteiger partial charge in [0.1, 0.15) is 0 Å². The summed E-state index contributed by atoms with van der Waals surface area (Å²) in [7, 11) is 0. The number of benzene rings is 1. The number of nitrogens with zero attached hydrogens (tertiary/aromatic N) is 1. The van der Waals surface area contributed by atoms with Crippen molar-refractivity contribution in [1.29, 1.82) is 5.26 Å². The van der Waals surface area contributed by atoms with Crippen LogP contribution in [0.3, 0.4) is 0 Å². The minimum Gasteiger partial charge on any atom is -0.394 e. The van der Waals surface area contributed by atoms with Crippen molar-refractivity contribution < 1.29 is 10.2 Å². The van der Waals surface area contributed by atoms with Crippen LogP contribution in [0.1, 0.15) is 19.4 Å². The zero-order valence-corrected chi connectivity index (χ0v) is 10.1. The maximum atomic E-state index is 9.23. The average molecular weight is 234 g/mol. The van der Waals surface area contributed by atoms with E-state index >= 15 is 0 Å². The number of rotatable bonds is 5. The van der Waals surface area contributed by atoms with Gasteiger partial charge in [-0.3, -0.25) is 0 Å². The molecule has 1 atom stereocenters. The molecule has 3 N–H and O–H groups in total. The number of nitrogens with one attached hydrogen (secondary N) is 1. The molecule has 4 nitrogen and oxygen atoms in total. The molecule has 0 amide bonds. The van der Waals surface area contributed by atoms with Crippen LogP contribution in [0, 0.1) is 11.3 Å². The molecule has 0 bridgehead atoms. The van der Waals surface area contributed by atoms with Gasteiger partial charge in [0.05, 0.1) is 24.2 Å². The lowest BCUT2D eigenvalue weighted by Gasteiger charge is -2.17. The van der Waals surface area contributed by atoms with Crippen molar-refractivity contribution >= 4 is 5.69 Å². The quantitative estimate of drug-likeness (QED) is 0.716. The first kappa shape index (κ1) is 13.5. The largest absolute Gasteiger partial charge is 0.394 e. The van der Waals surface area contributed by atoms with Crippen LogP contribution >= 0.6 is 0 Å². The summed E-state index contributed by atoms with van der Waals surface area (Å²) in [6, 6.07) is 9.75. The minimum atomic E-state index is -0.775. The Bertz CT molecular complexity index is 410. The number of aliphatic hydroxyl groups is 2. The topological polar surface area (TPSA) is 76.3 Å². The second kappa shape index (κ2) is 5.67. The molecule has 0 saturated carbocycles. The fourth-order valence-electron chi connectivity index (χ4n) is 1.38. The standard InChI is InChI=1S/C13H18N2O2/c1-13(2,9-14)10-4-3-5-11(6-10)15-7-12(17)8-16/h3-6,12,15-17H,7-8H2,1-2H3. The lowest BCUT2D eigenvalue weighted by molar-refractivity contribution is 0.105. The molecule has 0 aliphatic rings. The highest BCUT2D eigenvalue weighted by atomic mass is 16.3. The summed E-state index contributed by atoms with van der Waals surface area (Å²) >= 11 is 0. The van der Waals surface area contributed by atoms with Gasteiger partial charge >= 0.3 is 0 Å². The van der Waals surface area contributed by atoms with Crippen LogP contribution in [0.15, 0.2) is 24.3 Å². The number of hydrogen-bond acceptors (Lipinski definition) is 4. The summed E-state index contributed by atoms with van der Waals surface area (Å²) in [6.07, 6.45) is -0.775. The normalized spacial score (nSPS) is 12.9. The molecule has 1 aromatic carbocycles. The molecular weight excluding hydrogens is 216 g/mol. The molecular formula is C13H18N2O2. The highest BCUT2D eigenvalue weighted by Crippen LogP contribution is 2.24. The van der Waals surface area contributed by atoms with Crippen molar-refractivity contribution in [2.24, 2.45) is 0 Å². The first-order valence-electron chi connectivity index (χ1n) is 5.54. The van der Waals surface area contributed by atoms with Gasteiger partial charge in [-0.25, -0.2) is 0 Å². The number of hydrogen-bond donors (Lipinski definition) is 3. The maximum Gasteiger partial charge on any atom is 0.0942 e. The third-order valence-electron chi connectivity index (χ3n) is 2.62. The van der Waals surface area contributed by atoms with Crippen LogP contribution in [0.2, 0.25) is 0 Å². The highest BCUT2D eigenvalue weighted by Gasteiger charge is 2.19. The van der Waals surface area contributed by atoms with Gasteiger partial charge in [-0.2, -0.15) is 5.26 Å². The molecule has 0 aliphatic carbocycles. The van der Waals surface area contributed by atoms with E-state index in [9.17, 15) is 5.11 Å². The Morgan fingerprint density at radius 3 is 2.76 bits per heavy atom. The van der Waals surface area contributed by atoms with E-state index < -0.39 is 11.5 Å². The minimum absolute atomic E-state index is 0.267. The lowest BCUT2D eigenvalue weighted by atomic mass is 9.86. The average Bonchev–Trinajstić information content (AvgIpc) is 2.36. The van der Waals surface area contributed by atoms with E-state index in [1.54, 1.807) is 0 Å². The fourth-order valence-corrected chi connectivity index (χ4v) is 1.38. The summed E-state index contributed by atoms with van der Waals surface area (Å²) in [4.78, 5) is 0. The van der Waals surface area contributed by atoms with Gasteiger partial charge in [0, 0.05) is 12.2 Å². The monoisotopic (exact) mass is 234 g/mol. The molecule has 4 heteroatoms. The van der Waals surface area contributed by atoms with Gasteiger partial charge < -0.3 is 15.5 Å². The van der Waals surface area contributed by atoms with E-state index in [0.29, 0.717) is 0 Å². The predicted octanol–water partition coefficient (Wildman–Crippen LogP) is 1.25. The summed E-state index contributed by atoms with van der Waals surface area (Å²) in [5, 5.41) is 30.0. The third-order valence-corrected chi connectivity index (χ3v) is 2.62. The van der Waals surface area contributed by atoms with Gasteiger partial charge in [0.15, 0.2) is 0 Å². The molecule has 1 rings (SSSR count). The third kappa shape index (κ3) is 3.74. The second-order valence-electron chi connectivity index (χ2n) is 4.53. The SMILES string of the molecule is CC(C)(C#N)c1cccc(NCC(O)CO)c1. The Morgan fingerprint density at radius 1 is 1.47 bits per heavy atom. The summed E-state index contributed by atoms with van der Waals surface area (Å²) in [5.41, 5.74) is 1.22. The van der Waals surface area contributed by atoms with E-state index in [2.05, 4.69) is 11.4 Å². The fraction of sp³-hybridized carbons (Fsp3) is 0.462. The van der Waals surface area contributed by atoms with Crippen molar-refractivity contribution in [1.82, 2.24) is 0 Å². The summed E-state index contributed by atoms with van der Waals surface area (Å²) in [6.45, 7) is 3.73. The number of nitriles is 1. The molecule has 17 heavy (non-hydrogen) atoms. The van der Waals surface area contributed by atoms with E-state index in [4.69, 9.17) is 10.4 Å². The van der Waals surface area contributed by atoms with Gasteiger partial charge in [-0.05, 0) is 31.5 Å². The molecule has 0 spiro atoms. The molecule has 1 unspecified atom stereocenters. The number of aliphatic hydroxyl groups excluding tert-OH is 2. The molecule has 0 radical (unpaired) electrons. The van der Waals surface area contributed by atoms with Gasteiger partial charge in [-0.1, -0.05) is 12.1 Å². The Morgan fingerprint density at radius 2 is 2.18 bits per heavy atom. The Labute approximate surface area is 102 Å². The first-order valence-corrected chi connectivity index (χ1v) is 5.54. The Hall–Kier alpha value is -1.57. The molecule has 1 aromatic rings. The zero-order chi connectivity index (χ0) is 12.9. The number of anilines is 1. The zero-order valence-electron chi connectivity index (χ0n) is 10.1. The van der Waals surface area contributed by atoms with Crippen molar-refractivity contribution in [3.8, 4) is 6.07 Å². The smallest absolute Gasteiger partial charge is 0.0942 e. The van der Waals surface area contributed by atoms with Crippen LogP contribution in [0.4, 0.5) is 5.69 Å². The van der Waals surface area contributed by atoms with E-state index in [0.717, 1.165) is 11.3 Å². The molecule has 92 valence electrons. The molecule has 0 aromatic heterocycles. The molecule has 0 fully saturated rings. The molecule has 0 heterocycles. The second-order valence-corrected chi connectivity index (χ2v) is 4.53. The van der Waals surface area contributed by atoms with Crippen molar-refractivity contribution in [2.45, 2.75) is 25.4 Å². The Kier molecular flexibility index (Phi) is 4.50. The van der Waals surface area contributed by atoms with Crippen molar-refractivity contribution in [2.75, 3.05) is 18.5 Å². The highest BCUT2D eigenvalue weighted by molar-refractivity contribution is 5.48. The maximum absolute atomic E-state index is 9.23. The van der Waals surface area contributed by atoms with Crippen molar-refractivity contribution in [3.05, 3.63) is 29.8 Å². The predicted molar refractivity (Wildman–Crippen MR) is 66.7 cm³/mol. The van der Waals surface area contributed by atoms with Crippen LogP contribution < -0.4 is 5.32 Å². The van der Waals surface area contributed by atoms with Crippen LogP contribution in [0.25, 0.3) is 0 Å². The van der Waals surface area contributed by atoms with E-state index in [1.807, 2.05) is 38.1 Å². The van der Waals surface area contributed by atoms with Crippen LogP contribution in [-0.4, -0.2) is 29.5 Å². The van der Waals surface area contributed by atoms with E-state index in [1.165, 1.54) is 0 Å². The van der Waals surface area contributed by atoms with Gasteiger partial charge in [-0.15, -0.1) is 0 Å². The van der Waals surface area contributed by atoms with Gasteiger partial charge in [0.25, 0.3) is 0 Å². The van der Waals surface area contributed by atoms with E-state index in [-0.39, 0.29) is 13.2 Å². The first-order chi connectivity index (χ1) is 7.99. The molecule has 0 aliphatic heterocycles. The lowest BCUT2D eigenvalue weighted by Crippen LogP contribution is -2.23. The van der Waals surface area contributed by atoms with Crippen LogP contribution in [0.5, 0.6) is 0 Å². The van der Waals surface area contributed by atoms with Gasteiger partial charge in [0.2, 0.25) is 0 Å². The van der Waals surface area contributed by atoms with Crippen LogP contribution in [-0.2, 0) is 5.41 Å². The summed E-state index contributed by atoms with van der Waals surface area (Å²) in [5.74, 6) is 0. The van der Waals surface area contributed by atoms with Crippen molar-refractivity contribution in [3.63, 3.8) is 0 Å². The summed E-state index contributed by atoms with van der Waals surface area (Å²) < 4.78 is 0.